The third-order valence-corrected chi connectivity index (χ3v) is 3.33. The lowest BCUT2D eigenvalue weighted by atomic mass is 10.1. The third-order valence-electron chi connectivity index (χ3n) is 3.33. The number of pyridine rings is 1. The lowest BCUT2D eigenvalue weighted by Gasteiger charge is -2.11. The van der Waals surface area contributed by atoms with Crippen molar-refractivity contribution < 1.29 is 14.4 Å². The van der Waals surface area contributed by atoms with Crippen molar-refractivity contribution in [3.63, 3.8) is 0 Å². The number of rotatable bonds is 2. The van der Waals surface area contributed by atoms with Crippen molar-refractivity contribution in [3.05, 3.63) is 36.2 Å². The van der Waals surface area contributed by atoms with E-state index in [1.165, 1.54) is 6.20 Å². The number of imide groups is 1. The van der Waals surface area contributed by atoms with Gasteiger partial charge in [0.2, 0.25) is 11.8 Å². The number of hydrogen-bond acceptors (Lipinski definition) is 5. The lowest BCUT2D eigenvalue weighted by molar-refractivity contribution is -0.125. The molecule has 3 amide bonds. The van der Waals surface area contributed by atoms with Gasteiger partial charge in [-0.15, -0.1) is 0 Å². The Morgan fingerprint density at radius 3 is 2.81 bits per heavy atom. The first-order valence-corrected chi connectivity index (χ1v) is 6.34. The molecule has 106 valence electrons. The fourth-order valence-electron chi connectivity index (χ4n) is 2.31. The molecule has 0 saturated carbocycles. The van der Waals surface area contributed by atoms with Gasteiger partial charge in [-0.2, -0.15) is 0 Å². The highest BCUT2D eigenvalue weighted by atomic mass is 16.2. The molecule has 0 spiro atoms. The topological polar surface area (TPSA) is 114 Å². The van der Waals surface area contributed by atoms with Gasteiger partial charge >= 0.3 is 0 Å². The minimum absolute atomic E-state index is 0.0581. The van der Waals surface area contributed by atoms with Crippen LogP contribution in [0.3, 0.4) is 0 Å². The van der Waals surface area contributed by atoms with Gasteiger partial charge in [-0.25, -0.2) is 0 Å². The van der Waals surface area contributed by atoms with Gasteiger partial charge in [0.1, 0.15) is 11.7 Å². The Morgan fingerprint density at radius 2 is 2.10 bits per heavy atom. The summed E-state index contributed by atoms with van der Waals surface area (Å²) in [7, 11) is 0. The fraction of sp³-hybridized carbons (Fsp3) is 0.143. The molecule has 1 unspecified atom stereocenters. The van der Waals surface area contributed by atoms with Crippen LogP contribution in [-0.2, 0) is 9.59 Å². The van der Waals surface area contributed by atoms with Crippen LogP contribution in [0.4, 0.5) is 5.69 Å². The quantitative estimate of drug-likeness (QED) is 0.529. The first-order chi connectivity index (χ1) is 10.1. The molecule has 1 aromatic carbocycles. The van der Waals surface area contributed by atoms with Crippen LogP contribution < -0.4 is 16.4 Å². The minimum atomic E-state index is -0.858. The maximum atomic E-state index is 12.3. The summed E-state index contributed by atoms with van der Waals surface area (Å²) < 4.78 is 0. The Labute approximate surface area is 119 Å². The van der Waals surface area contributed by atoms with Crippen LogP contribution in [0.2, 0.25) is 0 Å². The number of carbonyl (C=O) groups excluding carboxylic acids is 3. The van der Waals surface area contributed by atoms with Crippen LogP contribution in [0.1, 0.15) is 16.9 Å². The molecular formula is C14H12N4O3. The van der Waals surface area contributed by atoms with E-state index in [4.69, 9.17) is 5.73 Å². The van der Waals surface area contributed by atoms with Gasteiger partial charge in [0.15, 0.2) is 0 Å². The number of aromatic nitrogens is 1. The number of anilines is 1. The van der Waals surface area contributed by atoms with Gasteiger partial charge in [-0.1, -0.05) is 12.1 Å². The number of nitrogens with zero attached hydrogens (tertiary/aromatic N) is 1. The van der Waals surface area contributed by atoms with E-state index in [2.05, 4.69) is 15.6 Å². The molecule has 0 aliphatic carbocycles. The van der Waals surface area contributed by atoms with Crippen LogP contribution in [0.25, 0.3) is 10.8 Å². The molecule has 1 aliphatic heterocycles. The zero-order valence-corrected chi connectivity index (χ0v) is 10.9. The molecule has 0 bridgehead atoms. The molecule has 1 aliphatic rings. The zero-order valence-electron chi connectivity index (χ0n) is 10.9. The number of benzene rings is 1. The van der Waals surface area contributed by atoms with E-state index in [-0.39, 0.29) is 12.1 Å². The van der Waals surface area contributed by atoms with E-state index in [0.717, 1.165) is 0 Å². The van der Waals surface area contributed by atoms with E-state index in [1.54, 1.807) is 24.3 Å². The highest BCUT2D eigenvalue weighted by Crippen LogP contribution is 2.22. The molecule has 1 saturated heterocycles. The average Bonchev–Trinajstić information content (AvgIpc) is 2.76. The van der Waals surface area contributed by atoms with Crippen molar-refractivity contribution >= 4 is 34.2 Å². The second-order valence-corrected chi connectivity index (χ2v) is 4.74. The summed E-state index contributed by atoms with van der Waals surface area (Å²) in [6, 6.07) is 6.04. The summed E-state index contributed by atoms with van der Waals surface area (Å²) in [6.07, 6.45) is 1.42. The van der Waals surface area contributed by atoms with E-state index in [9.17, 15) is 14.4 Å². The smallest absolute Gasteiger partial charge is 0.271 e. The number of amides is 3. The van der Waals surface area contributed by atoms with Gasteiger partial charge < -0.3 is 11.1 Å². The molecule has 2 heterocycles. The summed E-state index contributed by atoms with van der Waals surface area (Å²) >= 11 is 0. The van der Waals surface area contributed by atoms with Crippen molar-refractivity contribution in [2.24, 2.45) is 0 Å². The molecule has 4 N–H and O–H groups in total. The van der Waals surface area contributed by atoms with Gasteiger partial charge in [0, 0.05) is 22.7 Å². The molecule has 3 rings (SSSR count). The highest BCUT2D eigenvalue weighted by molar-refractivity contribution is 6.11. The van der Waals surface area contributed by atoms with Crippen LogP contribution in [0.5, 0.6) is 0 Å². The number of carbonyl (C=O) groups is 3. The van der Waals surface area contributed by atoms with Crippen LogP contribution in [0.15, 0.2) is 30.5 Å². The fourth-order valence-corrected chi connectivity index (χ4v) is 2.31. The second-order valence-electron chi connectivity index (χ2n) is 4.74. The molecule has 21 heavy (non-hydrogen) atoms. The van der Waals surface area contributed by atoms with Gasteiger partial charge in [0.25, 0.3) is 5.91 Å². The van der Waals surface area contributed by atoms with Crippen molar-refractivity contribution in [2.75, 3.05) is 5.73 Å². The number of nitrogen functional groups attached to an aromatic ring is 1. The number of fused-ring (bicyclic) bond motifs is 1. The van der Waals surface area contributed by atoms with Crippen LogP contribution >= 0.6 is 0 Å². The van der Waals surface area contributed by atoms with Crippen molar-refractivity contribution in [3.8, 4) is 0 Å². The first-order valence-electron chi connectivity index (χ1n) is 6.34. The first kappa shape index (κ1) is 13.0. The number of nitrogens with one attached hydrogen (secondary N) is 2. The van der Waals surface area contributed by atoms with E-state index in [1.807, 2.05) is 0 Å². The molecule has 1 atom stereocenters. The Balaban J connectivity index is 1.94. The number of hydrogen-bond donors (Lipinski definition) is 3. The maximum Gasteiger partial charge on any atom is 0.271 e. The summed E-state index contributed by atoms with van der Waals surface area (Å²) in [4.78, 5) is 38.9. The molecule has 1 aromatic heterocycles. The summed E-state index contributed by atoms with van der Waals surface area (Å²) in [6.45, 7) is 0. The number of nitrogens with two attached hydrogens (primary N) is 1. The van der Waals surface area contributed by atoms with Gasteiger partial charge in [0.05, 0.1) is 6.42 Å². The van der Waals surface area contributed by atoms with Gasteiger partial charge in [-0.3, -0.25) is 24.7 Å². The summed E-state index contributed by atoms with van der Waals surface area (Å²) in [5, 5.41) is 5.96. The Hall–Kier alpha value is -2.96. The monoisotopic (exact) mass is 284 g/mol. The third kappa shape index (κ3) is 2.29. The largest absolute Gasteiger partial charge is 0.398 e. The molecule has 1 fully saturated rings. The Morgan fingerprint density at radius 1 is 1.29 bits per heavy atom. The van der Waals surface area contributed by atoms with E-state index < -0.39 is 23.8 Å². The van der Waals surface area contributed by atoms with Crippen LogP contribution in [0, 0.1) is 0 Å². The van der Waals surface area contributed by atoms with Crippen molar-refractivity contribution in [1.29, 1.82) is 0 Å². The zero-order chi connectivity index (χ0) is 15.0. The van der Waals surface area contributed by atoms with Crippen molar-refractivity contribution in [2.45, 2.75) is 12.5 Å². The minimum Gasteiger partial charge on any atom is -0.398 e. The molecule has 7 nitrogen and oxygen atoms in total. The van der Waals surface area contributed by atoms with Crippen molar-refractivity contribution in [1.82, 2.24) is 15.6 Å². The maximum absolute atomic E-state index is 12.3. The van der Waals surface area contributed by atoms with Gasteiger partial charge in [-0.05, 0) is 12.1 Å². The van der Waals surface area contributed by atoms with E-state index >= 15 is 0 Å². The SMILES string of the molecule is Nc1cccc2c(C(=O)NC3CC(=O)NC3=O)nccc12. The Bertz CT molecular complexity index is 772. The summed E-state index contributed by atoms with van der Waals surface area (Å²) in [5.74, 6) is -1.42. The van der Waals surface area contributed by atoms with E-state index in [0.29, 0.717) is 16.5 Å². The standard InChI is InChI=1S/C14H12N4O3/c15-9-3-1-2-8-7(9)4-5-16-12(8)14(21)17-10-6-11(19)18-13(10)20/h1-5,10H,6,15H2,(H,17,21)(H,18,19,20). The summed E-state index contributed by atoms with van der Waals surface area (Å²) in [5.41, 5.74) is 6.57. The second kappa shape index (κ2) is 4.86. The predicted molar refractivity (Wildman–Crippen MR) is 75.2 cm³/mol. The molecular weight excluding hydrogens is 272 g/mol. The highest BCUT2D eigenvalue weighted by Gasteiger charge is 2.32. The lowest BCUT2D eigenvalue weighted by Crippen LogP contribution is -2.40. The molecule has 2 aromatic rings. The van der Waals surface area contributed by atoms with Crippen LogP contribution in [-0.4, -0.2) is 28.7 Å². The molecule has 0 radical (unpaired) electrons. The molecule has 7 heteroatoms. The normalized spacial score (nSPS) is 17.8. The Kier molecular flexibility index (Phi) is 3.02. The average molecular weight is 284 g/mol. The predicted octanol–water partition coefficient (Wildman–Crippen LogP) is -0.0381.